The number of ether oxygens (including phenoxy) is 1. The molecule has 1 aromatic carbocycles. The second kappa shape index (κ2) is 14.1. The molecule has 0 aliphatic carbocycles. The average molecular weight is 476 g/mol. The summed E-state index contributed by atoms with van der Waals surface area (Å²) in [5.41, 5.74) is 1.09. The highest BCUT2D eigenvalue weighted by Crippen LogP contribution is 2.17. The summed E-state index contributed by atoms with van der Waals surface area (Å²) in [5, 5.41) is 6.74. The maximum atomic E-state index is 5.39. The van der Waals surface area contributed by atoms with Gasteiger partial charge < -0.3 is 15.4 Å². The molecule has 0 aromatic heterocycles. The largest absolute Gasteiger partial charge is 0.496 e. The van der Waals surface area contributed by atoms with Crippen molar-refractivity contribution in [2.24, 2.45) is 4.99 Å². The van der Waals surface area contributed by atoms with Gasteiger partial charge in [0, 0.05) is 37.3 Å². The van der Waals surface area contributed by atoms with E-state index in [0.717, 1.165) is 43.3 Å². The predicted octanol–water partition coefficient (Wildman–Crippen LogP) is 3.88. The van der Waals surface area contributed by atoms with Crippen LogP contribution >= 0.6 is 24.0 Å². The van der Waals surface area contributed by atoms with E-state index in [0.29, 0.717) is 18.6 Å². The Labute approximate surface area is 177 Å². The van der Waals surface area contributed by atoms with Crippen LogP contribution in [-0.2, 0) is 6.54 Å². The molecule has 0 aliphatic heterocycles. The number of rotatable bonds is 10. The normalized spacial score (nSPS) is 11.7. The maximum Gasteiger partial charge on any atom is 0.191 e. The molecule has 150 valence electrons. The van der Waals surface area contributed by atoms with Crippen molar-refractivity contribution < 1.29 is 4.74 Å². The number of nitrogens with zero attached hydrogens (tertiary/aromatic N) is 2. The van der Waals surface area contributed by atoms with Gasteiger partial charge in [0.15, 0.2) is 5.96 Å². The van der Waals surface area contributed by atoms with Crippen LogP contribution in [0, 0.1) is 0 Å². The van der Waals surface area contributed by atoms with Crippen LogP contribution < -0.4 is 15.4 Å². The van der Waals surface area contributed by atoms with Crippen LogP contribution in [0.3, 0.4) is 0 Å². The van der Waals surface area contributed by atoms with Crippen LogP contribution in [-0.4, -0.2) is 49.7 Å². The molecule has 26 heavy (non-hydrogen) atoms. The number of hydrogen-bond acceptors (Lipinski definition) is 3. The fourth-order valence-corrected chi connectivity index (χ4v) is 2.92. The van der Waals surface area contributed by atoms with Crippen molar-refractivity contribution in [3.05, 3.63) is 29.8 Å². The quantitative estimate of drug-likeness (QED) is 0.233. The molecule has 6 heteroatoms. The van der Waals surface area contributed by atoms with Crippen LogP contribution in [0.2, 0.25) is 0 Å². The molecule has 0 atom stereocenters. The van der Waals surface area contributed by atoms with E-state index in [4.69, 9.17) is 4.74 Å². The third kappa shape index (κ3) is 9.07. The topological polar surface area (TPSA) is 48.9 Å². The summed E-state index contributed by atoms with van der Waals surface area (Å²) in [6, 6.07) is 9.16. The molecule has 1 aromatic rings. The van der Waals surface area contributed by atoms with Crippen molar-refractivity contribution in [3.63, 3.8) is 0 Å². The highest BCUT2D eigenvalue weighted by molar-refractivity contribution is 14.0. The summed E-state index contributed by atoms with van der Waals surface area (Å²) in [6.07, 6.45) is 1.09. The molecule has 0 heterocycles. The van der Waals surface area contributed by atoms with Gasteiger partial charge in [-0.2, -0.15) is 0 Å². The molecule has 0 fully saturated rings. The van der Waals surface area contributed by atoms with Gasteiger partial charge >= 0.3 is 0 Å². The fourth-order valence-electron chi connectivity index (χ4n) is 2.92. The van der Waals surface area contributed by atoms with E-state index in [1.807, 2.05) is 18.2 Å². The van der Waals surface area contributed by atoms with Crippen LogP contribution in [0.5, 0.6) is 5.75 Å². The first-order valence-electron chi connectivity index (χ1n) is 9.39. The highest BCUT2D eigenvalue weighted by Gasteiger charge is 2.12. The monoisotopic (exact) mass is 476 g/mol. The lowest BCUT2D eigenvalue weighted by Gasteiger charge is -2.30. The van der Waals surface area contributed by atoms with Gasteiger partial charge in [-0.05, 0) is 47.1 Å². The first-order chi connectivity index (χ1) is 12.0. The van der Waals surface area contributed by atoms with E-state index >= 15 is 0 Å². The number of halogens is 1. The van der Waals surface area contributed by atoms with Gasteiger partial charge in [-0.3, -0.25) is 4.90 Å². The Balaban J connectivity index is 0.00000625. The van der Waals surface area contributed by atoms with E-state index in [-0.39, 0.29) is 24.0 Å². The molecule has 5 nitrogen and oxygen atoms in total. The minimum atomic E-state index is 0. The first kappa shape index (κ1) is 25.0. The van der Waals surface area contributed by atoms with Gasteiger partial charge in [-0.15, -0.1) is 24.0 Å². The molecule has 0 aliphatic rings. The number of benzene rings is 1. The molecule has 0 unspecified atom stereocenters. The van der Waals surface area contributed by atoms with E-state index < -0.39 is 0 Å². The zero-order valence-corrected chi connectivity index (χ0v) is 19.5. The second-order valence-corrected chi connectivity index (χ2v) is 6.71. The van der Waals surface area contributed by atoms with Gasteiger partial charge in [0.1, 0.15) is 5.75 Å². The van der Waals surface area contributed by atoms with Gasteiger partial charge in [0.25, 0.3) is 0 Å². The van der Waals surface area contributed by atoms with Crippen molar-refractivity contribution in [1.82, 2.24) is 15.5 Å². The molecule has 1 rings (SSSR count). The Morgan fingerprint density at radius 2 is 1.77 bits per heavy atom. The Hall–Kier alpha value is -1.02. The van der Waals surface area contributed by atoms with E-state index in [1.165, 1.54) is 0 Å². The number of guanidine groups is 1. The Morgan fingerprint density at radius 3 is 2.35 bits per heavy atom. The van der Waals surface area contributed by atoms with Crippen molar-refractivity contribution in [1.29, 1.82) is 0 Å². The average Bonchev–Trinajstić information content (AvgIpc) is 2.58. The predicted molar refractivity (Wildman–Crippen MR) is 123 cm³/mol. The van der Waals surface area contributed by atoms with Crippen LogP contribution in [0.4, 0.5) is 0 Å². The van der Waals surface area contributed by atoms with Crippen molar-refractivity contribution in [3.8, 4) is 5.75 Å². The number of para-hydroxylation sites is 1. The maximum absolute atomic E-state index is 5.39. The Kier molecular flexibility index (Phi) is 13.5. The lowest BCUT2D eigenvalue weighted by atomic mass is 10.2. The third-order valence-corrected chi connectivity index (χ3v) is 4.16. The Bertz CT molecular complexity index is 512. The number of aliphatic imine (C=N–C) groups is 1. The van der Waals surface area contributed by atoms with Crippen molar-refractivity contribution >= 4 is 29.9 Å². The molecule has 0 bridgehead atoms. The SMILES string of the molecule is CCNC(=NCc1ccccc1OC)NCCCN(C(C)C)C(C)C.I. The standard InChI is InChI=1S/C20H36N4O.HI/c1-7-21-20(22-13-10-14-24(16(2)3)17(4)5)23-15-18-11-8-9-12-19(18)25-6;/h8-9,11-12,16-17H,7,10,13-15H2,1-6H3,(H2,21,22,23);1H. The zero-order valence-electron chi connectivity index (χ0n) is 17.2. The molecule has 0 spiro atoms. The molecule has 2 N–H and O–H groups in total. The summed E-state index contributed by atoms with van der Waals surface area (Å²) in [6.45, 7) is 14.6. The van der Waals surface area contributed by atoms with E-state index in [9.17, 15) is 0 Å². The molecular weight excluding hydrogens is 439 g/mol. The lowest BCUT2D eigenvalue weighted by molar-refractivity contribution is 0.173. The second-order valence-electron chi connectivity index (χ2n) is 6.71. The summed E-state index contributed by atoms with van der Waals surface area (Å²) in [5.74, 6) is 1.74. The summed E-state index contributed by atoms with van der Waals surface area (Å²) in [4.78, 5) is 7.19. The van der Waals surface area contributed by atoms with Crippen LogP contribution in [0.15, 0.2) is 29.3 Å². The van der Waals surface area contributed by atoms with Gasteiger partial charge in [0.05, 0.1) is 13.7 Å². The van der Waals surface area contributed by atoms with Crippen LogP contribution in [0.1, 0.15) is 46.6 Å². The number of methoxy groups -OCH3 is 1. The van der Waals surface area contributed by atoms with Gasteiger partial charge in [0.2, 0.25) is 0 Å². The van der Waals surface area contributed by atoms with Gasteiger partial charge in [-0.1, -0.05) is 18.2 Å². The Morgan fingerprint density at radius 1 is 1.12 bits per heavy atom. The fraction of sp³-hybridized carbons (Fsp3) is 0.650. The van der Waals surface area contributed by atoms with E-state index in [2.05, 4.69) is 61.2 Å². The minimum Gasteiger partial charge on any atom is -0.496 e. The molecule has 0 saturated heterocycles. The molecular formula is C20H37IN4O. The van der Waals surface area contributed by atoms with E-state index in [1.54, 1.807) is 7.11 Å². The van der Waals surface area contributed by atoms with Crippen LogP contribution in [0.25, 0.3) is 0 Å². The van der Waals surface area contributed by atoms with Gasteiger partial charge in [-0.25, -0.2) is 4.99 Å². The summed E-state index contributed by atoms with van der Waals surface area (Å²) < 4.78 is 5.39. The van der Waals surface area contributed by atoms with Crippen molar-refractivity contribution in [2.75, 3.05) is 26.7 Å². The highest BCUT2D eigenvalue weighted by atomic mass is 127. The van der Waals surface area contributed by atoms with Crippen molar-refractivity contribution in [2.45, 2.75) is 59.7 Å². The molecule has 0 radical (unpaired) electrons. The number of nitrogens with one attached hydrogen (secondary N) is 2. The first-order valence-corrected chi connectivity index (χ1v) is 9.39. The summed E-state index contributed by atoms with van der Waals surface area (Å²) >= 11 is 0. The lowest BCUT2D eigenvalue weighted by Crippen LogP contribution is -2.41. The molecule has 0 saturated carbocycles. The minimum absolute atomic E-state index is 0. The smallest absolute Gasteiger partial charge is 0.191 e. The third-order valence-electron chi connectivity index (χ3n) is 4.16. The number of hydrogen-bond donors (Lipinski definition) is 2. The molecule has 0 amide bonds. The zero-order chi connectivity index (χ0) is 18.7. The summed E-state index contributed by atoms with van der Waals surface area (Å²) in [7, 11) is 1.70.